The van der Waals surface area contributed by atoms with Gasteiger partial charge in [-0.25, -0.2) is 0 Å². The zero-order valence-corrected chi connectivity index (χ0v) is 56.2. The van der Waals surface area contributed by atoms with Crippen LogP contribution in [-0.4, -0.2) is 37.2 Å². The number of allylic oxidation sites excluding steroid dienone is 6. The van der Waals surface area contributed by atoms with Crippen molar-refractivity contribution in [3.8, 4) is 0 Å². The number of hydrogen-bond acceptors (Lipinski definition) is 6. The van der Waals surface area contributed by atoms with Crippen molar-refractivity contribution in [2.24, 2.45) is 0 Å². The van der Waals surface area contributed by atoms with Crippen molar-refractivity contribution in [1.82, 2.24) is 0 Å². The molecular formula is C77H144O6. The Bertz CT molecular complexity index is 1380. The number of carbonyl (C=O) groups is 3. The van der Waals surface area contributed by atoms with Crippen molar-refractivity contribution in [2.45, 2.75) is 425 Å². The largest absolute Gasteiger partial charge is 0.462 e. The van der Waals surface area contributed by atoms with Gasteiger partial charge in [0, 0.05) is 19.3 Å². The van der Waals surface area contributed by atoms with E-state index in [1.54, 1.807) is 0 Å². The van der Waals surface area contributed by atoms with Gasteiger partial charge in [-0.3, -0.25) is 14.4 Å². The van der Waals surface area contributed by atoms with Crippen LogP contribution in [0.1, 0.15) is 419 Å². The molecule has 0 amide bonds. The van der Waals surface area contributed by atoms with Crippen LogP contribution in [0.5, 0.6) is 0 Å². The van der Waals surface area contributed by atoms with E-state index in [-0.39, 0.29) is 31.1 Å². The normalized spacial score (nSPS) is 12.2. The highest BCUT2D eigenvalue weighted by atomic mass is 16.6. The summed E-state index contributed by atoms with van der Waals surface area (Å²) in [6.45, 7) is 6.71. The van der Waals surface area contributed by atoms with Crippen LogP contribution in [0.25, 0.3) is 0 Å². The van der Waals surface area contributed by atoms with E-state index in [2.05, 4.69) is 57.2 Å². The summed E-state index contributed by atoms with van der Waals surface area (Å²) in [7, 11) is 0. The Labute approximate surface area is 518 Å². The lowest BCUT2D eigenvalue weighted by Crippen LogP contribution is -2.30. The van der Waals surface area contributed by atoms with Crippen LogP contribution in [0.2, 0.25) is 0 Å². The van der Waals surface area contributed by atoms with Gasteiger partial charge >= 0.3 is 17.9 Å². The molecule has 6 heteroatoms. The predicted molar refractivity (Wildman–Crippen MR) is 362 cm³/mol. The Morgan fingerprint density at radius 3 is 0.602 bits per heavy atom. The molecule has 0 bridgehead atoms. The Morgan fingerprint density at radius 2 is 0.398 bits per heavy atom. The van der Waals surface area contributed by atoms with Gasteiger partial charge in [-0.05, 0) is 96.3 Å². The van der Waals surface area contributed by atoms with Crippen molar-refractivity contribution in [1.29, 1.82) is 0 Å². The van der Waals surface area contributed by atoms with Gasteiger partial charge in [0.1, 0.15) is 13.2 Å². The van der Waals surface area contributed by atoms with Gasteiger partial charge in [0.15, 0.2) is 6.10 Å². The zero-order chi connectivity index (χ0) is 59.9. The summed E-state index contributed by atoms with van der Waals surface area (Å²) in [6.07, 6.45) is 90.4. The topological polar surface area (TPSA) is 78.9 Å². The van der Waals surface area contributed by atoms with Gasteiger partial charge in [0.2, 0.25) is 0 Å². The molecule has 0 aromatic rings. The van der Waals surface area contributed by atoms with Crippen LogP contribution in [0, 0.1) is 0 Å². The fourth-order valence-corrected chi connectivity index (χ4v) is 11.4. The van der Waals surface area contributed by atoms with Crippen molar-refractivity contribution >= 4 is 17.9 Å². The molecule has 0 rings (SSSR count). The van der Waals surface area contributed by atoms with Crippen LogP contribution in [0.4, 0.5) is 0 Å². The highest BCUT2D eigenvalue weighted by Crippen LogP contribution is 2.19. The molecule has 6 nitrogen and oxygen atoms in total. The average molecular weight is 1170 g/mol. The van der Waals surface area contributed by atoms with Gasteiger partial charge in [-0.15, -0.1) is 0 Å². The van der Waals surface area contributed by atoms with Gasteiger partial charge in [-0.1, -0.05) is 340 Å². The molecule has 0 N–H and O–H groups in total. The molecule has 0 aromatic heterocycles. The maximum atomic E-state index is 13.0. The van der Waals surface area contributed by atoms with E-state index in [1.807, 2.05) is 0 Å². The van der Waals surface area contributed by atoms with Gasteiger partial charge in [0.25, 0.3) is 0 Å². The van der Waals surface area contributed by atoms with E-state index >= 15 is 0 Å². The maximum absolute atomic E-state index is 13.0. The van der Waals surface area contributed by atoms with Crippen molar-refractivity contribution in [3.63, 3.8) is 0 Å². The molecule has 0 aliphatic heterocycles. The molecule has 1 atom stereocenters. The Hall–Kier alpha value is -2.37. The van der Waals surface area contributed by atoms with Crippen molar-refractivity contribution in [3.05, 3.63) is 36.5 Å². The molecule has 0 saturated heterocycles. The third-order valence-corrected chi connectivity index (χ3v) is 17.1. The predicted octanol–water partition coefficient (Wildman–Crippen LogP) is 25.9. The standard InChI is InChI=1S/C77H144O6/c1-4-7-10-13-16-19-22-25-28-31-33-34-35-36-37-38-39-40-41-42-44-46-49-52-55-58-61-64-67-70-76(79)82-73-74(72-81-75(78)69-66-63-60-57-54-51-48-45-30-27-24-21-18-15-12-9-6-3)83-77(80)71-68-65-62-59-56-53-50-47-43-32-29-26-23-20-17-14-11-8-5-2/h26-27,29-31,33,74H,4-25,28,32,34-73H2,1-3H3/b29-26-,30-27-,33-31-. The van der Waals surface area contributed by atoms with Crippen LogP contribution >= 0.6 is 0 Å². The maximum Gasteiger partial charge on any atom is 0.306 e. The molecule has 83 heavy (non-hydrogen) atoms. The average Bonchev–Trinajstić information content (AvgIpc) is 3.49. The molecule has 488 valence electrons. The second kappa shape index (κ2) is 72.1. The highest BCUT2D eigenvalue weighted by molar-refractivity contribution is 5.71. The second-order valence-corrected chi connectivity index (χ2v) is 25.6. The molecule has 0 aromatic carbocycles. The minimum absolute atomic E-state index is 0.0695. The molecule has 0 aliphatic carbocycles. The number of ether oxygens (including phenoxy) is 3. The number of unbranched alkanes of at least 4 members (excludes halogenated alkanes) is 53. The molecule has 0 heterocycles. The Morgan fingerprint density at radius 1 is 0.229 bits per heavy atom. The summed E-state index contributed by atoms with van der Waals surface area (Å²) in [6, 6.07) is 0. The molecular weight excluding hydrogens is 1020 g/mol. The van der Waals surface area contributed by atoms with E-state index in [0.717, 1.165) is 57.8 Å². The molecule has 0 aliphatic rings. The number of rotatable bonds is 70. The summed E-state index contributed by atoms with van der Waals surface area (Å²) in [4.78, 5) is 38.5. The van der Waals surface area contributed by atoms with Gasteiger partial charge in [0.05, 0.1) is 0 Å². The Kier molecular flexibility index (Phi) is 70.0. The summed E-state index contributed by atoms with van der Waals surface area (Å²) >= 11 is 0. The first-order valence-electron chi connectivity index (χ1n) is 37.5. The lowest BCUT2D eigenvalue weighted by atomic mass is 10.0. The third-order valence-electron chi connectivity index (χ3n) is 17.1. The van der Waals surface area contributed by atoms with E-state index < -0.39 is 6.10 Å². The quantitative estimate of drug-likeness (QED) is 0.0261. The van der Waals surface area contributed by atoms with E-state index in [0.29, 0.717) is 19.3 Å². The summed E-state index contributed by atoms with van der Waals surface area (Å²) < 4.78 is 17.0. The summed E-state index contributed by atoms with van der Waals surface area (Å²) in [5.74, 6) is -0.845. The Balaban J connectivity index is 4.23. The smallest absolute Gasteiger partial charge is 0.306 e. The van der Waals surface area contributed by atoms with Gasteiger partial charge in [-0.2, -0.15) is 0 Å². The molecule has 1 unspecified atom stereocenters. The first-order valence-corrected chi connectivity index (χ1v) is 37.5. The first-order chi connectivity index (χ1) is 41.0. The van der Waals surface area contributed by atoms with Gasteiger partial charge < -0.3 is 14.2 Å². The SMILES string of the molecule is CCCCCCCC/C=C\CCCCCCCCCCCC(=O)OC(COC(=O)CCCCCCCCC/C=C\CCCCCCCC)COC(=O)CCCCCCCCCCCCCCCCCCC/C=C\CCCCCCCCCC. The van der Waals surface area contributed by atoms with Crippen LogP contribution in [-0.2, 0) is 28.6 Å². The summed E-state index contributed by atoms with van der Waals surface area (Å²) in [5.41, 5.74) is 0. The third kappa shape index (κ3) is 70.3. The second-order valence-electron chi connectivity index (χ2n) is 25.6. The highest BCUT2D eigenvalue weighted by Gasteiger charge is 2.20. The zero-order valence-electron chi connectivity index (χ0n) is 56.2. The minimum atomic E-state index is -0.775. The van der Waals surface area contributed by atoms with Crippen molar-refractivity contribution < 1.29 is 28.6 Å². The molecule has 0 saturated carbocycles. The fourth-order valence-electron chi connectivity index (χ4n) is 11.4. The van der Waals surface area contributed by atoms with E-state index in [4.69, 9.17) is 14.2 Å². The van der Waals surface area contributed by atoms with E-state index in [9.17, 15) is 14.4 Å². The number of hydrogen-bond donors (Lipinski definition) is 0. The van der Waals surface area contributed by atoms with Crippen LogP contribution in [0.15, 0.2) is 36.5 Å². The molecule has 0 fully saturated rings. The minimum Gasteiger partial charge on any atom is -0.462 e. The monoisotopic (exact) mass is 1170 g/mol. The number of carbonyl (C=O) groups excluding carboxylic acids is 3. The fraction of sp³-hybridized carbons (Fsp3) is 0.883. The van der Waals surface area contributed by atoms with Crippen LogP contribution < -0.4 is 0 Å². The summed E-state index contributed by atoms with van der Waals surface area (Å²) in [5, 5.41) is 0. The first kappa shape index (κ1) is 80.6. The molecule has 0 spiro atoms. The van der Waals surface area contributed by atoms with Crippen LogP contribution in [0.3, 0.4) is 0 Å². The van der Waals surface area contributed by atoms with Crippen molar-refractivity contribution in [2.75, 3.05) is 13.2 Å². The molecule has 0 radical (unpaired) electrons. The van der Waals surface area contributed by atoms with E-state index in [1.165, 1.54) is 321 Å². The lowest BCUT2D eigenvalue weighted by Gasteiger charge is -2.18. The number of esters is 3. The lowest BCUT2D eigenvalue weighted by molar-refractivity contribution is -0.167.